The van der Waals surface area contributed by atoms with Crippen molar-refractivity contribution < 1.29 is 4.79 Å². The summed E-state index contributed by atoms with van der Waals surface area (Å²) in [6, 6.07) is 8.11. The van der Waals surface area contributed by atoms with E-state index < -0.39 is 0 Å². The average molecular weight is 212 g/mol. The third kappa shape index (κ3) is 3.79. The number of nitrogens with one attached hydrogen (secondary N) is 1. The molecule has 0 aliphatic rings. The van der Waals surface area contributed by atoms with E-state index in [1.165, 1.54) is 12.5 Å². The molecule has 0 aliphatic heterocycles. The van der Waals surface area contributed by atoms with Crippen LogP contribution in [0.25, 0.3) is 0 Å². The number of rotatable bonds is 4. The molecule has 2 nitrogen and oxygen atoms in total. The summed E-state index contributed by atoms with van der Waals surface area (Å²) in [6.07, 6.45) is 0.891. The molecule has 1 amide bonds. The van der Waals surface area contributed by atoms with Gasteiger partial charge in [0.05, 0.1) is 0 Å². The molecule has 1 aromatic rings. The number of carbonyl (C=O) groups is 1. The van der Waals surface area contributed by atoms with Crippen LogP contribution in [0.5, 0.6) is 0 Å². The molecule has 0 saturated heterocycles. The molecule has 1 aromatic carbocycles. The van der Waals surface area contributed by atoms with Gasteiger partial charge in [-0.25, -0.2) is 0 Å². The Kier molecular flexibility index (Phi) is 4.47. The SMILES string of the molecule is CC(=O)NCc1ccc(CCCl)cc1. The molecule has 1 rings (SSSR count). The fourth-order valence-corrected chi connectivity index (χ4v) is 1.38. The second-order valence-corrected chi connectivity index (χ2v) is 3.54. The van der Waals surface area contributed by atoms with Gasteiger partial charge in [0.25, 0.3) is 0 Å². The molecule has 0 aliphatic carbocycles. The van der Waals surface area contributed by atoms with Crippen LogP contribution in [0.4, 0.5) is 0 Å². The molecule has 0 fully saturated rings. The van der Waals surface area contributed by atoms with Crippen LogP contribution in [-0.4, -0.2) is 11.8 Å². The summed E-state index contributed by atoms with van der Waals surface area (Å²) < 4.78 is 0. The highest BCUT2D eigenvalue weighted by molar-refractivity contribution is 6.17. The Morgan fingerprint density at radius 3 is 2.36 bits per heavy atom. The zero-order valence-electron chi connectivity index (χ0n) is 8.22. The number of hydrogen-bond donors (Lipinski definition) is 1. The molecular formula is C11H14ClNO. The minimum atomic E-state index is -0.00478. The topological polar surface area (TPSA) is 29.1 Å². The van der Waals surface area contributed by atoms with Gasteiger partial charge in [-0.3, -0.25) is 4.79 Å². The summed E-state index contributed by atoms with van der Waals surface area (Å²) in [5.74, 6) is 0.639. The van der Waals surface area contributed by atoms with Gasteiger partial charge in [-0.15, -0.1) is 11.6 Å². The van der Waals surface area contributed by atoms with E-state index in [1.54, 1.807) is 0 Å². The Morgan fingerprint density at radius 2 is 1.86 bits per heavy atom. The number of alkyl halides is 1. The van der Waals surface area contributed by atoms with E-state index in [0.717, 1.165) is 12.0 Å². The van der Waals surface area contributed by atoms with Gasteiger partial charge in [0.1, 0.15) is 0 Å². The second kappa shape index (κ2) is 5.66. The molecule has 0 spiro atoms. The highest BCUT2D eigenvalue weighted by atomic mass is 35.5. The average Bonchev–Trinajstić information content (AvgIpc) is 2.17. The summed E-state index contributed by atoms with van der Waals surface area (Å²) in [4.78, 5) is 10.7. The van der Waals surface area contributed by atoms with Gasteiger partial charge in [0.15, 0.2) is 0 Å². The molecule has 0 aromatic heterocycles. The Bertz CT molecular complexity index is 295. The van der Waals surface area contributed by atoms with E-state index in [-0.39, 0.29) is 5.91 Å². The first-order valence-corrected chi connectivity index (χ1v) is 5.14. The molecule has 0 heterocycles. The number of hydrogen-bond acceptors (Lipinski definition) is 1. The van der Waals surface area contributed by atoms with Gasteiger partial charge >= 0.3 is 0 Å². The number of halogens is 1. The standard InChI is InChI=1S/C11H14ClNO/c1-9(14)13-8-11-4-2-10(3-5-11)6-7-12/h2-5H,6-8H2,1H3,(H,13,14). The molecule has 1 N–H and O–H groups in total. The number of aryl methyl sites for hydroxylation is 1. The van der Waals surface area contributed by atoms with E-state index in [2.05, 4.69) is 5.32 Å². The maximum Gasteiger partial charge on any atom is 0.217 e. The smallest absolute Gasteiger partial charge is 0.217 e. The van der Waals surface area contributed by atoms with Crippen LogP contribution < -0.4 is 5.32 Å². The largest absolute Gasteiger partial charge is 0.352 e. The van der Waals surface area contributed by atoms with E-state index in [9.17, 15) is 4.79 Å². The fraction of sp³-hybridized carbons (Fsp3) is 0.364. The second-order valence-electron chi connectivity index (χ2n) is 3.17. The van der Waals surface area contributed by atoms with Gasteiger partial charge in [-0.2, -0.15) is 0 Å². The Hall–Kier alpha value is -1.02. The molecule has 14 heavy (non-hydrogen) atoms. The van der Waals surface area contributed by atoms with E-state index in [1.807, 2.05) is 24.3 Å². The van der Waals surface area contributed by atoms with Crippen molar-refractivity contribution in [1.29, 1.82) is 0 Å². The van der Waals surface area contributed by atoms with Crippen molar-refractivity contribution in [3.8, 4) is 0 Å². The van der Waals surface area contributed by atoms with Gasteiger partial charge < -0.3 is 5.32 Å². The molecular weight excluding hydrogens is 198 g/mol. The van der Waals surface area contributed by atoms with Crippen molar-refractivity contribution in [2.45, 2.75) is 19.9 Å². The highest BCUT2D eigenvalue weighted by Gasteiger charge is 1.95. The van der Waals surface area contributed by atoms with Crippen molar-refractivity contribution in [3.05, 3.63) is 35.4 Å². The third-order valence-electron chi connectivity index (χ3n) is 1.95. The molecule has 0 saturated carbocycles. The highest BCUT2D eigenvalue weighted by Crippen LogP contribution is 2.05. The molecule has 76 valence electrons. The van der Waals surface area contributed by atoms with Crippen LogP contribution in [0.15, 0.2) is 24.3 Å². The van der Waals surface area contributed by atoms with Crippen LogP contribution in [0.1, 0.15) is 18.1 Å². The summed E-state index contributed by atoms with van der Waals surface area (Å²) in [6.45, 7) is 2.11. The lowest BCUT2D eigenvalue weighted by molar-refractivity contribution is -0.119. The maximum atomic E-state index is 10.7. The summed E-state index contributed by atoms with van der Waals surface area (Å²) in [5, 5.41) is 2.75. The monoisotopic (exact) mass is 211 g/mol. The molecule has 0 atom stereocenters. The van der Waals surface area contributed by atoms with Crippen molar-refractivity contribution in [2.24, 2.45) is 0 Å². The number of carbonyl (C=O) groups excluding carboxylic acids is 1. The minimum Gasteiger partial charge on any atom is -0.352 e. The summed E-state index contributed by atoms with van der Waals surface area (Å²) in [5.41, 5.74) is 2.34. The van der Waals surface area contributed by atoms with Crippen molar-refractivity contribution in [1.82, 2.24) is 5.32 Å². The van der Waals surface area contributed by atoms with Crippen LogP contribution >= 0.6 is 11.6 Å². The lowest BCUT2D eigenvalue weighted by Crippen LogP contribution is -2.18. The molecule has 0 unspecified atom stereocenters. The van der Waals surface area contributed by atoms with Crippen molar-refractivity contribution in [3.63, 3.8) is 0 Å². The van der Waals surface area contributed by atoms with Gasteiger partial charge in [0.2, 0.25) is 5.91 Å². The Morgan fingerprint density at radius 1 is 1.29 bits per heavy atom. The first-order valence-electron chi connectivity index (χ1n) is 4.60. The Balaban J connectivity index is 2.50. The van der Waals surface area contributed by atoms with Crippen LogP contribution in [0.2, 0.25) is 0 Å². The maximum absolute atomic E-state index is 10.7. The summed E-state index contributed by atoms with van der Waals surface area (Å²) >= 11 is 5.62. The normalized spacial score (nSPS) is 9.86. The van der Waals surface area contributed by atoms with Crippen LogP contribution in [-0.2, 0) is 17.8 Å². The Labute approximate surface area is 89.3 Å². The lowest BCUT2D eigenvalue weighted by Gasteiger charge is -2.03. The van der Waals surface area contributed by atoms with Crippen LogP contribution in [0, 0.1) is 0 Å². The molecule has 0 bridgehead atoms. The predicted molar refractivity (Wildman–Crippen MR) is 58.4 cm³/mol. The van der Waals surface area contributed by atoms with Crippen molar-refractivity contribution >= 4 is 17.5 Å². The zero-order chi connectivity index (χ0) is 10.4. The quantitative estimate of drug-likeness (QED) is 0.760. The van der Waals surface area contributed by atoms with Gasteiger partial charge in [0, 0.05) is 19.3 Å². The number of benzene rings is 1. The molecule has 3 heteroatoms. The minimum absolute atomic E-state index is 0.00478. The summed E-state index contributed by atoms with van der Waals surface area (Å²) in [7, 11) is 0. The van der Waals surface area contributed by atoms with Gasteiger partial charge in [-0.05, 0) is 17.5 Å². The van der Waals surface area contributed by atoms with E-state index in [0.29, 0.717) is 12.4 Å². The lowest BCUT2D eigenvalue weighted by atomic mass is 10.1. The number of amides is 1. The van der Waals surface area contributed by atoms with E-state index >= 15 is 0 Å². The first-order chi connectivity index (χ1) is 6.72. The molecule has 0 radical (unpaired) electrons. The fourth-order valence-electron chi connectivity index (χ4n) is 1.16. The zero-order valence-corrected chi connectivity index (χ0v) is 8.97. The van der Waals surface area contributed by atoms with Crippen LogP contribution in [0.3, 0.4) is 0 Å². The first kappa shape index (κ1) is 11.1. The predicted octanol–water partition coefficient (Wildman–Crippen LogP) is 2.10. The van der Waals surface area contributed by atoms with Crippen molar-refractivity contribution in [2.75, 3.05) is 5.88 Å². The van der Waals surface area contributed by atoms with E-state index in [4.69, 9.17) is 11.6 Å². The van der Waals surface area contributed by atoms with Gasteiger partial charge in [-0.1, -0.05) is 24.3 Å². The third-order valence-corrected chi connectivity index (χ3v) is 2.14.